The fourth-order valence-electron chi connectivity index (χ4n) is 2.57. The van der Waals surface area contributed by atoms with Crippen LogP contribution in [0, 0.1) is 6.92 Å². The van der Waals surface area contributed by atoms with Crippen molar-refractivity contribution in [2.75, 3.05) is 0 Å². The van der Waals surface area contributed by atoms with Gasteiger partial charge in [-0.1, -0.05) is 6.42 Å². The quantitative estimate of drug-likeness (QED) is 0.944. The van der Waals surface area contributed by atoms with E-state index in [1.165, 1.54) is 6.42 Å². The zero-order valence-electron chi connectivity index (χ0n) is 12.3. The standard InChI is InChI=1S/C14H19N5OS/c1-9(11-8-21-10(2)16-11)15-14(20)13-18-17-12-6-4-3-5-7-19(12)13/h8-9H,3-7H2,1-2H3,(H,15,20)/t9-/m1/s1. The van der Waals surface area contributed by atoms with Gasteiger partial charge in [-0.25, -0.2) is 4.98 Å². The molecule has 0 unspecified atom stereocenters. The summed E-state index contributed by atoms with van der Waals surface area (Å²) in [6, 6.07) is -0.124. The second-order valence-corrected chi connectivity index (χ2v) is 6.45. The van der Waals surface area contributed by atoms with Gasteiger partial charge in [0.15, 0.2) is 0 Å². The van der Waals surface area contributed by atoms with Gasteiger partial charge in [0.1, 0.15) is 5.82 Å². The van der Waals surface area contributed by atoms with E-state index in [-0.39, 0.29) is 11.9 Å². The Hall–Kier alpha value is -1.76. The van der Waals surface area contributed by atoms with E-state index in [0.717, 1.165) is 42.3 Å². The van der Waals surface area contributed by atoms with Crippen LogP contribution in [0.3, 0.4) is 0 Å². The van der Waals surface area contributed by atoms with Gasteiger partial charge in [-0.3, -0.25) is 4.79 Å². The van der Waals surface area contributed by atoms with Crippen molar-refractivity contribution in [3.05, 3.63) is 27.7 Å². The van der Waals surface area contributed by atoms with Gasteiger partial charge in [-0.2, -0.15) is 0 Å². The zero-order chi connectivity index (χ0) is 14.8. The molecule has 0 saturated heterocycles. The van der Waals surface area contributed by atoms with Crippen molar-refractivity contribution in [3.8, 4) is 0 Å². The number of aryl methyl sites for hydroxylation is 2. The summed E-state index contributed by atoms with van der Waals surface area (Å²) in [5.41, 5.74) is 0.890. The number of rotatable bonds is 3. The van der Waals surface area contributed by atoms with Gasteiger partial charge in [0.2, 0.25) is 5.82 Å². The molecule has 6 nitrogen and oxygen atoms in total. The molecule has 3 heterocycles. The SMILES string of the molecule is Cc1nc([C@@H](C)NC(=O)c2nnc3n2CCCCC3)cs1. The molecular formula is C14H19N5OS. The Bertz CT molecular complexity index is 648. The predicted octanol–water partition coefficient (Wildman–Crippen LogP) is 2.26. The van der Waals surface area contributed by atoms with Gasteiger partial charge in [0.25, 0.3) is 5.91 Å². The van der Waals surface area contributed by atoms with E-state index < -0.39 is 0 Å². The van der Waals surface area contributed by atoms with E-state index in [1.807, 2.05) is 23.8 Å². The van der Waals surface area contributed by atoms with E-state index in [9.17, 15) is 4.79 Å². The number of carbonyl (C=O) groups is 1. The molecule has 0 fully saturated rings. The van der Waals surface area contributed by atoms with Gasteiger partial charge in [-0.15, -0.1) is 21.5 Å². The van der Waals surface area contributed by atoms with Crippen LogP contribution in [0.1, 0.15) is 59.4 Å². The molecule has 112 valence electrons. The van der Waals surface area contributed by atoms with E-state index in [1.54, 1.807) is 11.3 Å². The number of fused-ring (bicyclic) bond motifs is 1. The Balaban J connectivity index is 1.75. The third-order valence-corrected chi connectivity index (χ3v) is 4.53. The molecule has 0 aliphatic carbocycles. The lowest BCUT2D eigenvalue weighted by Gasteiger charge is -2.12. The maximum atomic E-state index is 12.4. The summed E-state index contributed by atoms with van der Waals surface area (Å²) in [5.74, 6) is 1.18. The molecule has 1 amide bonds. The van der Waals surface area contributed by atoms with Crippen molar-refractivity contribution in [1.29, 1.82) is 0 Å². The Morgan fingerprint density at radius 2 is 2.24 bits per heavy atom. The first kappa shape index (κ1) is 14.2. The molecule has 1 N–H and O–H groups in total. The average molecular weight is 305 g/mol. The lowest BCUT2D eigenvalue weighted by Crippen LogP contribution is -2.29. The number of nitrogens with one attached hydrogen (secondary N) is 1. The van der Waals surface area contributed by atoms with Crippen LogP contribution in [0.5, 0.6) is 0 Å². The number of hydrogen-bond donors (Lipinski definition) is 1. The van der Waals surface area contributed by atoms with Crippen LogP contribution in [0.15, 0.2) is 5.38 Å². The first-order chi connectivity index (χ1) is 10.1. The van der Waals surface area contributed by atoms with Crippen molar-refractivity contribution in [2.45, 2.75) is 52.1 Å². The fraction of sp³-hybridized carbons (Fsp3) is 0.571. The van der Waals surface area contributed by atoms with Crippen LogP contribution in [-0.2, 0) is 13.0 Å². The monoisotopic (exact) mass is 305 g/mol. The van der Waals surface area contributed by atoms with Gasteiger partial charge >= 0.3 is 0 Å². The summed E-state index contributed by atoms with van der Waals surface area (Å²) < 4.78 is 1.96. The summed E-state index contributed by atoms with van der Waals surface area (Å²) in [7, 11) is 0. The van der Waals surface area contributed by atoms with Crippen molar-refractivity contribution >= 4 is 17.2 Å². The van der Waals surface area contributed by atoms with E-state index in [2.05, 4.69) is 20.5 Å². The van der Waals surface area contributed by atoms with Crippen molar-refractivity contribution < 1.29 is 4.79 Å². The zero-order valence-corrected chi connectivity index (χ0v) is 13.1. The van der Waals surface area contributed by atoms with Gasteiger partial charge < -0.3 is 9.88 Å². The number of amides is 1. The molecule has 0 saturated carbocycles. The van der Waals surface area contributed by atoms with Crippen LogP contribution < -0.4 is 5.32 Å². The first-order valence-electron chi connectivity index (χ1n) is 7.30. The lowest BCUT2D eigenvalue weighted by molar-refractivity contribution is 0.0923. The molecule has 1 atom stereocenters. The highest BCUT2D eigenvalue weighted by atomic mass is 32.1. The third-order valence-electron chi connectivity index (χ3n) is 3.74. The van der Waals surface area contributed by atoms with Crippen LogP contribution in [0.4, 0.5) is 0 Å². The van der Waals surface area contributed by atoms with Crippen LogP contribution in [-0.4, -0.2) is 25.7 Å². The normalized spacial score (nSPS) is 16.1. The number of hydrogen-bond acceptors (Lipinski definition) is 5. The molecule has 2 aromatic heterocycles. The fourth-order valence-corrected chi connectivity index (χ4v) is 3.27. The maximum absolute atomic E-state index is 12.4. The number of nitrogens with zero attached hydrogens (tertiary/aromatic N) is 4. The highest BCUT2D eigenvalue weighted by molar-refractivity contribution is 7.09. The Morgan fingerprint density at radius 3 is 3.00 bits per heavy atom. The highest BCUT2D eigenvalue weighted by Crippen LogP contribution is 2.17. The molecule has 21 heavy (non-hydrogen) atoms. The predicted molar refractivity (Wildman–Crippen MR) is 80.3 cm³/mol. The van der Waals surface area contributed by atoms with Crippen molar-refractivity contribution in [2.24, 2.45) is 0 Å². The molecule has 0 aromatic carbocycles. The van der Waals surface area contributed by atoms with Gasteiger partial charge in [0.05, 0.1) is 16.7 Å². The highest BCUT2D eigenvalue weighted by Gasteiger charge is 2.22. The van der Waals surface area contributed by atoms with Crippen molar-refractivity contribution in [3.63, 3.8) is 0 Å². The first-order valence-corrected chi connectivity index (χ1v) is 8.18. The number of thiazole rings is 1. The molecule has 1 aliphatic rings. The Labute approximate surface area is 127 Å². The maximum Gasteiger partial charge on any atom is 0.289 e. The molecule has 3 rings (SSSR count). The largest absolute Gasteiger partial charge is 0.341 e. The second-order valence-electron chi connectivity index (χ2n) is 5.39. The summed E-state index contributed by atoms with van der Waals surface area (Å²) in [5, 5.41) is 14.2. The summed E-state index contributed by atoms with van der Waals surface area (Å²) >= 11 is 1.59. The van der Waals surface area contributed by atoms with Crippen LogP contribution >= 0.6 is 11.3 Å². The van der Waals surface area contributed by atoms with Crippen molar-refractivity contribution in [1.82, 2.24) is 25.1 Å². The Kier molecular flexibility index (Phi) is 4.01. The molecule has 0 radical (unpaired) electrons. The number of carbonyl (C=O) groups excluding carboxylic acids is 1. The molecular weight excluding hydrogens is 286 g/mol. The topological polar surface area (TPSA) is 72.7 Å². The minimum absolute atomic E-state index is 0.124. The van der Waals surface area contributed by atoms with E-state index in [0.29, 0.717) is 5.82 Å². The summed E-state index contributed by atoms with van der Waals surface area (Å²) in [6.45, 7) is 4.72. The molecule has 1 aliphatic heterocycles. The average Bonchev–Trinajstić information content (AvgIpc) is 2.99. The third kappa shape index (κ3) is 2.97. The molecule has 0 bridgehead atoms. The molecule has 7 heteroatoms. The molecule has 0 spiro atoms. The molecule has 2 aromatic rings. The summed E-state index contributed by atoms with van der Waals surface area (Å²) in [4.78, 5) is 16.8. The second kappa shape index (κ2) is 5.93. The van der Waals surface area contributed by atoms with Crippen LogP contribution in [0.25, 0.3) is 0 Å². The van der Waals surface area contributed by atoms with Crippen LogP contribution in [0.2, 0.25) is 0 Å². The van der Waals surface area contributed by atoms with Gasteiger partial charge in [-0.05, 0) is 26.7 Å². The van der Waals surface area contributed by atoms with Gasteiger partial charge in [0, 0.05) is 18.3 Å². The smallest absolute Gasteiger partial charge is 0.289 e. The lowest BCUT2D eigenvalue weighted by atomic mass is 10.2. The number of aromatic nitrogens is 4. The minimum atomic E-state index is -0.172. The Morgan fingerprint density at radius 1 is 1.38 bits per heavy atom. The van der Waals surface area contributed by atoms with E-state index >= 15 is 0 Å². The summed E-state index contributed by atoms with van der Waals surface area (Å²) in [6.07, 6.45) is 4.28. The van der Waals surface area contributed by atoms with E-state index in [4.69, 9.17) is 0 Å². The minimum Gasteiger partial charge on any atom is -0.341 e.